The third-order valence-electron chi connectivity index (χ3n) is 4.81. The normalized spacial score (nSPS) is 31.0. The molecule has 5 nitrogen and oxygen atoms in total. The highest BCUT2D eigenvalue weighted by Gasteiger charge is 2.48. The van der Waals surface area contributed by atoms with Crippen molar-refractivity contribution < 1.29 is 19.4 Å². The summed E-state index contributed by atoms with van der Waals surface area (Å²) in [7, 11) is 0. The van der Waals surface area contributed by atoms with Gasteiger partial charge < -0.3 is 14.6 Å². The van der Waals surface area contributed by atoms with E-state index in [9.17, 15) is 9.90 Å². The minimum atomic E-state index is -0.253. The number of piperidine rings is 1. The fourth-order valence-corrected chi connectivity index (χ4v) is 3.52. The minimum absolute atomic E-state index is 0.00183. The van der Waals surface area contributed by atoms with Crippen LogP contribution in [0.2, 0.25) is 0 Å². The van der Waals surface area contributed by atoms with Crippen LogP contribution in [0, 0.1) is 5.92 Å². The summed E-state index contributed by atoms with van der Waals surface area (Å²) in [5, 5.41) is 9.27. The Hall–Kier alpha value is -1.59. The lowest BCUT2D eigenvalue weighted by Crippen LogP contribution is -2.55. The zero-order chi connectivity index (χ0) is 15.5. The molecule has 22 heavy (non-hydrogen) atoms. The van der Waals surface area contributed by atoms with Crippen LogP contribution in [0.5, 0.6) is 0 Å². The fraction of sp³-hybridized carbons (Fsp3) is 0.588. The molecule has 0 aromatic heterocycles. The molecule has 2 saturated heterocycles. The van der Waals surface area contributed by atoms with Gasteiger partial charge in [0.2, 0.25) is 0 Å². The smallest absolute Gasteiger partial charge is 0.410 e. The third-order valence-corrected chi connectivity index (χ3v) is 4.81. The maximum Gasteiger partial charge on any atom is 0.410 e. The molecule has 2 heterocycles. The lowest BCUT2D eigenvalue weighted by Gasteiger charge is -2.43. The van der Waals surface area contributed by atoms with Crippen molar-refractivity contribution in [1.29, 1.82) is 0 Å². The molecular weight excluding hydrogens is 282 g/mol. The van der Waals surface area contributed by atoms with Gasteiger partial charge in [-0.25, -0.2) is 4.79 Å². The van der Waals surface area contributed by atoms with Crippen LogP contribution in [0.3, 0.4) is 0 Å². The quantitative estimate of drug-likeness (QED) is 0.906. The number of hydrogen-bond acceptors (Lipinski definition) is 4. The Balaban J connectivity index is 1.68. The van der Waals surface area contributed by atoms with E-state index in [1.165, 1.54) is 0 Å². The number of benzene rings is 1. The number of cyclic esters (lactones) is 1. The van der Waals surface area contributed by atoms with Crippen molar-refractivity contribution in [3.63, 3.8) is 0 Å². The van der Waals surface area contributed by atoms with E-state index in [4.69, 9.17) is 9.47 Å². The van der Waals surface area contributed by atoms with Gasteiger partial charge in [0.15, 0.2) is 0 Å². The predicted octanol–water partition coefficient (Wildman–Crippen LogP) is 2.18. The van der Waals surface area contributed by atoms with Gasteiger partial charge in [-0.3, -0.25) is 4.90 Å². The molecule has 120 valence electrons. The van der Waals surface area contributed by atoms with Crippen LogP contribution < -0.4 is 0 Å². The zero-order valence-electron chi connectivity index (χ0n) is 12.9. The van der Waals surface area contributed by atoms with Crippen LogP contribution in [0.25, 0.3) is 0 Å². The van der Waals surface area contributed by atoms with Crippen LogP contribution in [-0.2, 0) is 16.1 Å². The largest absolute Gasteiger partial charge is 0.447 e. The van der Waals surface area contributed by atoms with Crippen LogP contribution in [0.15, 0.2) is 30.3 Å². The Bertz CT molecular complexity index is 507. The van der Waals surface area contributed by atoms with Gasteiger partial charge in [-0.1, -0.05) is 37.3 Å². The van der Waals surface area contributed by atoms with Gasteiger partial charge in [0, 0.05) is 18.6 Å². The number of ether oxygens (including phenoxy) is 2. The minimum Gasteiger partial charge on any atom is -0.447 e. The summed E-state index contributed by atoms with van der Waals surface area (Å²) in [4.78, 5) is 13.7. The first kappa shape index (κ1) is 15.3. The number of rotatable bonds is 5. The van der Waals surface area contributed by atoms with Gasteiger partial charge >= 0.3 is 6.09 Å². The molecule has 4 atom stereocenters. The molecule has 3 rings (SSSR count). The lowest BCUT2D eigenvalue weighted by atomic mass is 9.84. The third kappa shape index (κ3) is 2.96. The summed E-state index contributed by atoms with van der Waals surface area (Å²) in [6.07, 6.45) is 1.15. The molecule has 1 N–H and O–H groups in total. The Morgan fingerprint density at radius 1 is 1.36 bits per heavy atom. The zero-order valence-corrected chi connectivity index (χ0v) is 12.9. The summed E-state index contributed by atoms with van der Waals surface area (Å²) in [6.45, 7) is 3.18. The van der Waals surface area contributed by atoms with Gasteiger partial charge in [0.05, 0.1) is 18.8 Å². The second-order valence-corrected chi connectivity index (χ2v) is 6.15. The monoisotopic (exact) mass is 305 g/mol. The van der Waals surface area contributed by atoms with Gasteiger partial charge in [0.25, 0.3) is 0 Å². The van der Waals surface area contributed by atoms with E-state index < -0.39 is 0 Å². The number of carbonyl (C=O) groups is 1. The average Bonchev–Trinajstić information content (AvgIpc) is 2.93. The highest BCUT2D eigenvalue weighted by molar-refractivity contribution is 5.70. The first-order valence-electron chi connectivity index (χ1n) is 7.92. The van der Waals surface area contributed by atoms with E-state index in [0.717, 1.165) is 12.0 Å². The van der Waals surface area contributed by atoms with Crippen LogP contribution in [-0.4, -0.2) is 47.5 Å². The number of amides is 1. The predicted molar refractivity (Wildman–Crippen MR) is 81.3 cm³/mol. The lowest BCUT2D eigenvalue weighted by molar-refractivity contribution is -0.0652. The molecule has 0 spiro atoms. The average molecular weight is 305 g/mol. The molecule has 2 fully saturated rings. The molecule has 0 bridgehead atoms. The Morgan fingerprint density at radius 2 is 2.14 bits per heavy atom. The number of carbonyl (C=O) groups excluding carboxylic acids is 1. The van der Waals surface area contributed by atoms with E-state index in [2.05, 4.69) is 6.92 Å². The number of nitrogens with zero attached hydrogens (tertiary/aromatic N) is 1. The van der Waals surface area contributed by atoms with Crippen LogP contribution >= 0.6 is 0 Å². The maximum absolute atomic E-state index is 11.9. The molecule has 1 aromatic rings. The Kier molecular flexibility index (Phi) is 4.64. The first-order valence-corrected chi connectivity index (χ1v) is 7.92. The van der Waals surface area contributed by atoms with Crippen molar-refractivity contribution >= 4 is 6.09 Å². The topological polar surface area (TPSA) is 59.0 Å². The summed E-state index contributed by atoms with van der Waals surface area (Å²) >= 11 is 0. The standard InChI is InChI=1S/C17H23NO4/c1-12-15-11-22-17(20)18(15)14(7-8-19)9-16(12)21-10-13-5-3-2-4-6-13/h2-6,12,14-16,19H,7-11H2,1H3/t12-,14+,15-,16+/m1/s1. The summed E-state index contributed by atoms with van der Waals surface area (Å²) in [5.41, 5.74) is 1.15. The highest BCUT2D eigenvalue weighted by atomic mass is 16.6. The van der Waals surface area contributed by atoms with Crippen molar-refractivity contribution in [2.45, 2.75) is 44.6 Å². The van der Waals surface area contributed by atoms with E-state index >= 15 is 0 Å². The SMILES string of the molecule is C[C@H]1[C@@H](OCc2ccccc2)C[C@H](CCO)N2C(=O)OC[C@H]12. The summed E-state index contributed by atoms with van der Waals surface area (Å²) < 4.78 is 11.3. The van der Waals surface area contributed by atoms with Crippen molar-refractivity contribution in [2.24, 2.45) is 5.92 Å². The molecule has 5 heteroatoms. The Morgan fingerprint density at radius 3 is 2.86 bits per heavy atom. The van der Waals surface area contributed by atoms with Crippen LogP contribution in [0.1, 0.15) is 25.3 Å². The molecule has 2 aliphatic heterocycles. The number of aliphatic hydroxyl groups is 1. The Labute approximate surface area is 130 Å². The molecule has 0 saturated carbocycles. The molecule has 0 aliphatic carbocycles. The van der Waals surface area contributed by atoms with Crippen molar-refractivity contribution in [3.8, 4) is 0 Å². The van der Waals surface area contributed by atoms with Gasteiger partial charge in [-0.2, -0.15) is 0 Å². The molecule has 0 unspecified atom stereocenters. The summed E-state index contributed by atoms with van der Waals surface area (Å²) in [6, 6.07) is 10.1. The molecule has 1 amide bonds. The number of hydrogen-bond donors (Lipinski definition) is 1. The van der Waals surface area contributed by atoms with Crippen molar-refractivity contribution in [2.75, 3.05) is 13.2 Å². The van der Waals surface area contributed by atoms with E-state index in [1.807, 2.05) is 35.2 Å². The van der Waals surface area contributed by atoms with Crippen LogP contribution in [0.4, 0.5) is 4.79 Å². The van der Waals surface area contributed by atoms with Gasteiger partial charge in [-0.15, -0.1) is 0 Å². The molecule has 2 aliphatic rings. The molecule has 1 aromatic carbocycles. The second-order valence-electron chi connectivity index (χ2n) is 6.15. The number of aliphatic hydroxyl groups excluding tert-OH is 1. The second kappa shape index (κ2) is 6.67. The first-order chi connectivity index (χ1) is 10.7. The highest BCUT2D eigenvalue weighted by Crippen LogP contribution is 2.35. The van der Waals surface area contributed by atoms with E-state index in [0.29, 0.717) is 19.6 Å². The molecular formula is C17H23NO4. The summed E-state index contributed by atoms with van der Waals surface area (Å²) in [5.74, 6) is 0.227. The molecule has 0 radical (unpaired) electrons. The van der Waals surface area contributed by atoms with Crippen molar-refractivity contribution in [1.82, 2.24) is 4.90 Å². The number of fused-ring (bicyclic) bond motifs is 1. The fourth-order valence-electron chi connectivity index (χ4n) is 3.52. The van der Waals surface area contributed by atoms with E-state index in [-0.39, 0.29) is 36.8 Å². The maximum atomic E-state index is 11.9. The van der Waals surface area contributed by atoms with Gasteiger partial charge in [-0.05, 0) is 18.4 Å². The van der Waals surface area contributed by atoms with E-state index in [1.54, 1.807) is 0 Å². The van der Waals surface area contributed by atoms with Crippen molar-refractivity contribution in [3.05, 3.63) is 35.9 Å². The van der Waals surface area contributed by atoms with Gasteiger partial charge in [0.1, 0.15) is 6.61 Å².